The number of thiophene rings is 1. The highest BCUT2D eigenvalue weighted by Gasteiger charge is 2.63. The molecule has 4 nitrogen and oxygen atoms in total. The second kappa shape index (κ2) is 6.85. The van der Waals surface area contributed by atoms with Crippen molar-refractivity contribution >= 4 is 46.2 Å². The Hall–Kier alpha value is -1.84. The summed E-state index contributed by atoms with van der Waals surface area (Å²) in [4.78, 5) is 16.9. The van der Waals surface area contributed by atoms with Gasteiger partial charge in [0.15, 0.2) is 5.82 Å². The van der Waals surface area contributed by atoms with Crippen LogP contribution in [0.15, 0.2) is 17.3 Å². The van der Waals surface area contributed by atoms with E-state index in [0.29, 0.717) is 35.3 Å². The van der Waals surface area contributed by atoms with E-state index < -0.39 is 45.6 Å². The predicted molar refractivity (Wildman–Crippen MR) is 99.7 cm³/mol. The Labute approximate surface area is 175 Å². The molecular weight excluding hydrogens is 457 g/mol. The van der Waals surface area contributed by atoms with E-state index in [1.54, 1.807) is 0 Å². The third-order valence-electron chi connectivity index (χ3n) is 5.06. The van der Waals surface area contributed by atoms with Gasteiger partial charge in [-0.05, 0) is 42.5 Å². The summed E-state index contributed by atoms with van der Waals surface area (Å²) in [6, 6.07) is 1.63. The number of carbonyl (C=O) groups is 1. The van der Waals surface area contributed by atoms with E-state index >= 15 is 0 Å². The molecule has 29 heavy (non-hydrogen) atoms. The molecule has 1 atom stereocenters. The van der Waals surface area contributed by atoms with Crippen LogP contribution in [-0.2, 0) is 23.3 Å². The number of rotatable bonds is 3. The molecule has 0 bridgehead atoms. The normalized spacial score (nSPS) is 21.1. The minimum atomic E-state index is -4.92. The van der Waals surface area contributed by atoms with E-state index in [9.17, 15) is 27.5 Å². The zero-order valence-corrected chi connectivity index (χ0v) is 16.7. The zero-order valence-electron chi connectivity index (χ0n) is 14.4. The lowest BCUT2D eigenvalue weighted by Gasteiger charge is -2.29. The number of halogens is 6. The summed E-state index contributed by atoms with van der Waals surface area (Å²) in [7, 11) is 0. The molecule has 0 saturated heterocycles. The van der Waals surface area contributed by atoms with Crippen molar-refractivity contribution in [1.82, 2.24) is 0 Å². The number of benzene rings is 1. The van der Waals surface area contributed by atoms with Crippen molar-refractivity contribution in [2.75, 3.05) is 0 Å². The SMILES string of the molecule is O=C(O)c1sc(C2=NO[C@@](c3cc(Cl)c(F)c(Cl)c3)(C(F)(F)F)C2)c2c1CCC2. The summed E-state index contributed by atoms with van der Waals surface area (Å²) in [5.41, 5.74) is -2.05. The van der Waals surface area contributed by atoms with E-state index in [2.05, 4.69) is 5.16 Å². The highest BCUT2D eigenvalue weighted by Crippen LogP contribution is 2.51. The van der Waals surface area contributed by atoms with Gasteiger partial charge in [-0.15, -0.1) is 11.3 Å². The number of nitrogens with zero attached hydrogens (tertiary/aromatic N) is 1. The number of hydrogen-bond acceptors (Lipinski definition) is 4. The van der Waals surface area contributed by atoms with Crippen LogP contribution < -0.4 is 0 Å². The van der Waals surface area contributed by atoms with Crippen molar-refractivity contribution in [3.8, 4) is 0 Å². The molecule has 0 radical (unpaired) electrons. The Morgan fingerprint density at radius 2 is 1.83 bits per heavy atom. The second-order valence-electron chi connectivity index (χ2n) is 6.76. The third-order valence-corrected chi connectivity index (χ3v) is 6.92. The van der Waals surface area contributed by atoms with Crippen LogP contribution >= 0.6 is 34.5 Å². The summed E-state index contributed by atoms with van der Waals surface area (Å²) >= 11 is 12.3. The fourth-order valence-corrected chi connectivity index (χ4v) is 5.39. The van der Waals surface area contributed by atoms with Gasteiger partial charge >= 0.3 is 12.1 Å². The highest BCUT2D eigenvalue weighted by atomic mass is 35.5. The second-order valence-corrected chi connectivity index (χ2v) is 8.60. The first kappa shape index (κ1) is 20.4. The van der Waals surface area contributed by atoms with Crippen molar-refractivity contribution in [2.45, 2.75) is 37.5 Å². The Bertz CT molecular complexity index is 1040. The molecule has 0 amide bonds. The molecule has 1 aromatic heterocycles. The summed E-state index contributed by atoms with van der Waals surface area (Å²) < 4.78 is 56.0. The summed E-state index contributed by atoms with van der Waals surface area (Å²) in [5, 5.41) is 11.9. The molecule has 0 unspecified atom stereocenters. The summed E-state index contributed by atoms with van der Waals surface area (Å²) in [6.07, 6.45) is -3.80. The van der Waals surface area contributed by atoms with Crippen LogP contribution in [0.25, 0.3) is 0 Å². The van der Waals surface area contributed by atoms with Gasteiger partial charge in [0.2, 0.25) is 0 Å². The van der Waals surface area contributed by atoms with Crippen LogP contribution in [-0.4, -0.2) is 23.0 Å². The third kappa shape index (κ3) is 3.10. The largest absolute Gasteiger partial charge is 0.477 e. The van der Waals surface area contributed by atoms with Crippen LogP contribution in [0, 0.1) is 5.82 Å². The maximum absolute atomic E-state index is 14.1. The molecule has 1 aliphatic carbocycles. The van der Waals surface area contributed by atoms with Crippen molar-refractivity contribution < 1.29 is 32.3 Å². The Kier molecular flexibility index (Phi) is 4.83. The molecule has 4 rings (SSSR count). The van der Waals surface area contributed by atoms with E-state index in [-0.39, 0.29) is 10.6 Å². The molecule has 2 aliphatic rings. The van der Waals surface area contributed by atoms with Crippen LogP contribution in [0.2, 0.25) is 10.0 Å². The average molecular weight is 468 g/mol. The first-order valence-electron chi connectivity index (χ1n) is 8.40. The van der Waals surface area contributed by atoms with Gasteiger partial charge in [-0.1, -0.05) is 28.4 Å². The number of alkyl halides is 3. The molecule has 0 fully saturated rings. The van der Waals surface area contributed by atoms with E-state index in [0.717, 1.165) is 23.5 Å². The molecule has 2 heterocycles. The molecule has 0 saturated carbocycles. The number of fused-ring (bicyclic) bond motifs is 1. The maximum Gasteiger partial charge on any atom is 0.435 e. The lowest BCUT2D eigenvalue weighted by molar-refractivity contribution is -0.275. The minimum absolute atomic E-state index is 0.00505. The molecule has 2 aromatic rings. The summed E-state index contributed by atoms with van der Waals surface area (Å²) in [5.74, 6) is -2.16. The lowest BCUT2D eigenvalue weighted by atomic mass is 9.87. The molecule has 0 spiro atoms. The molecule has 1 aromatic carbocycles. The standard InChI is InChI=1S/C18H11Cl2F4NO3S/c19-10-4-7(5-11(20)13(10)21)17(18(22,23)24)6-12(25-28-17)14-8-2-1-3-9(8)15(29-14)16(26)27/h4-5H,1-3,6H2,(H,26,27)/t17-/m0/s1. The minimum Gasteiger partial charge on any atom is -0.477 e. The first-order valence-corrected chi connectivity index (χ1v) is 9.97. The van der Waals surface area contributed by atoms with E-state index in [4.69, 9.17) is 28.0 Å². The van der Waals surface area contributed by atoms with Gasteiger partial charge in [0.05, 0.1) is 21.3 Å². The molecule has 1 N–H and O–H groups in total. The monoisotopic (exact) mass is 467 g/mol. The topological polar surface area (TPSA) is 58.9 Å². The Morgan fingerprint density at radius 3 is 2.41 bits per heavy atom. The van der Waals surface area contributed by atoms with Gasteiger partial charge in [-0.3, -0.25) is 0 Å². The number of aromatic carboxylic acids is 1. The first-order chi connectivity index (χ1) is 13.5. The fraction of sp³-hybridized carbons (Fsp3) is 0.333. The number of carboxylic acids is 1. The van der Waals surface area contributed by atoms with Gasteiger partial charge in [0, 0.05) is 5.56 Å². The summed E-state index contributed by atoms with van der Waals surface area (Å²) in [6.45, 7) is 0. The van der Waals surface area contributed by atoms with Crippen LogP contribution in [0.5, 0.6) is 0 Å². The van der Waals surface area contributed by atoms with Gasteiger partial charge < -0.3 is 9.94 Å². The van der Waals surface area contributed by atoms with Crippen LogP contribution in [0.3, 0.4) is 0 Å². The average Bonchev–Trinajstić information content (AvgIpc) is 3.32. The van der Waals surface area contributed by atoms with E-state index in [1.807, 2.05) is 0 Å². The Morgan fingerprint density at radius 1 is 1.21 bits per heavy atom. The lowest BCUT2D eigenvalue weighted by Crippen LogP contribution is -2.42. The van der Waals surface area contributed by atoms with Crippen LogP contribution in [0.1, 0.15) is 44.1 Å². The molecule has 11 heteroatoms. The zero-order chi connectivity index (χ0) is 21.1. The maximum atomic E-state index is 14.1. The quantitative estimate of drug-likeness (QED) is 0.447. The van der Waals surface area contributed by atoms with Gasteiger partial charge in [-0.25, -0.2) is 9.18 Å². The van der Waals surface area contributed by atoms with Crippen molar-refractivity contribution in [3.63, 3.8) is 0 Å². The van der Waals surface area contributed by atoms with Crippen LogP contribution in [0.4, 0.5) is 17.6 Å². The number of carboxylic acid groups (broad SMARTS) is 1. The molecular formula is C18H11Cl2F4NO3S. The van der Waals surface area contributed by atoms with Gasteiger partial charge in [0.1, 0.15) is 10.6 Å². The number of oxime groups is 1. The number of hydrogen-bond donors (Lipinski definition) is 1. The van der Waals surface area contributed by atoms with Gasteiger partial charge in [0.25, 0.3) is 5.60 Å². The molecule has 1 aliphatic heterocycles. The van der Waals surface area contributed by atoms with Crippen molar-refractivity contribution in [2.24, 2.45) is 5.16 Å². The molecule has 154 valence electrons. The predicted octanol–water partition coefficient (Wildman–Crippen LogP) is 5.96. The fourth-order valence-electron chi connectivity index (χ4n) is 3.69. The smallest absolute Gasteiger partial charge is 0.435 e. The van der Waals surface area contributed by atoms with E-state index in [1.165, 1.54) is 0 Å². The van der Waals surface area contributed by atoms with Gasteiger partial charge in [-0.2, -0.15) is 13.2 Å². The highest BCUT2D eigenvalue weighted by molar-refractivity contribution is 7.16. The van der Waals surface area contributed by atoms with Crippen molar-refractivity contribution in [3.05, 3.63) is 54.4 Å². The Balaban J connectivity index is 1.79. The van der Waals surface area contributed by atoms with Crippen molar-refractivity contribution in [1.29, 1.82) is 0 Å².